The Bertz CT molecular complexity index is 661. The normalized spacial score (nSPS) is 10.2. The average Bonchev–Trinajstić information content (AvgIpc) is 2.43. The van der Waals surface area contributed by atoms with Crippen molar-refractivity contribution in [1.29, 1.82) is 0 Å². The zero-order valence-electron chi connectivity index (χ0n) is 10.9. The Morgan fingerprint density at radius 2 is 1.95 bits per heavy atom. The lowest BCUT2D eigenvalue weighted by Crippen LogP contribution is -2.15. The van der Waals surface area contributed by atoms with E-state index >= 15 is 0 Å². The Morgan fingerprint density at radius 3 is 2.60 bits per heavy atom. The molecule has 0 aliphatic heterocycles. The van der Waals surface area contributed by atoms with Crippen LogP contribution in [0.2, 0.25) is 0 Å². The van der Waals surface area contributed by atoms with Gasteiger partial charge in [-0.2, -0.15) is 0 Å². The molecule has 0 saturated heterocycles. The number of anilines is 2. The van der Waals surface area contributed by atoms with Gasteiger partial charge in [-0.25, -0.2) is 9.97 Å². The second kappa shape index (κ2) is 6.32. The van der Waals surface area contributed by atoms with Crippen LogP contribution in [0.4, 0.5) is 11.6 Å². The number of amides is 1. The monoisotopic (exact) mass is 398 g/mol. The molecule has 0 unspecified atom stereocenters. The van der Waals surface area contributed by atoms with E-state index in [1.54, 1.807) is 31.6 Å². The fourth-order valence-electron chi connectivity index (χ4n) is 1.60. The van der Waals surface area contributed by atoms with Crippen molar-refractivity contribution < 1.29 is 4.79 Å². The molecule has 2 N–H and O–H groups in total. The minimum atomic E-state index is -0.266. The number of nitrogens with one attached hydrogen (secondary N) is 2. The molecule has 2 heterocycles. The van der Waals surface area contributed by atoms with E-state index in [4.69, 9.17) is 0 Å². The summed E-state index contributed by atoms with van der Waals surface area (Å²) in [5.74, 6) is 0.745. The number of aromatic nitrogens is 2. The van der Waals surface area contributed by atoms with E-state index in [2.05, 4.69) is 52.5 Å². The number of rotatable bonds is 3. The van der Waals surface area contributed by atoms with Crippen LogP contribution in [0.1, 0.15) is 15.9 Å². The van der Waals surface area contributed by atoms with Crippen LogP contribution in [0.3, 0.4) is 0 Å². The molecule has 5 nitrogen and oxygen atoms in total. The van der Waals surface area contributed by atoms with Gasteiger partial charge in [-0.3, -0.25) is 4.79 Å². The van der Waals surface area contributed by atoms with Gasteiger partial charge in [0.1, 0.15) is 11.6 Å². The Kier molecular flexibility index (Phi) is 4.72. The van der Waals surface area contributed by atoms with E-state index in [0.29, 0.717) is 17.2 Å². The second-order valence-electron chi connectivity index (χ2n) is 4.07. The van der Waals surface area contributed by atoms with Crippen LogP contribution in [0.5, 0.6) is 0 Å². The Labute approximate surface area is 133 Å². The number of hydrogen-bond donors (Lipinski definition) is 2. The van der Waals surface area contributed by atoms with Crippen LogP contribution in [-0.4, -0.2) is 22.9 Å². The minimum absolute atomic E-state index is 0.266. The zero-order chi connectivity index (χ0) is 14.7. The molecule has 2 aromatic rings. The zero-order valence-corrected chi connectivity index (χ0v) is 14.0. The smallest absolute Gasteiger partial charge is 0.260 e. The highest BCUT2D eigenvalue weighted by Crippen LogP contribution is 2.21. The van der Waals surface area contributed by atoms with E-state index < -0.39 is 0 Å². The Hall–Kier alpha value is -1.47. The van der Waals surface area contributed by atoms with Gasteiger partial charge in [-0.15, -0.1) is 0 Å². The Balaban J connectivity index is 2.27. The summed E-state index contributed by atoms with van der Waals surface area (Å²) in [4.78, 5) is 20.6. The number of nitrogens with zero attached hydrogens (tertiary/aromatic N) is 2. The van der Waals surface area contributed by atoms with Gasteiger partial charge in [-0.1, -0.05) is 0 Å². The van der Waals surface area contributed by atoms with Crippen molar-refractivity contribution in [2.24, 2.45) is 0 Å². The highest BCUT2D eigenvalue weighted by Gasteiger charge is 2.13. The molecule has 0 radical (unpaired) electrons. The molecule has 0 fully saturated rings. The molecule has 1 amide bonds. The fraction of sp³-hybridized carbons (Fsp3) is 0.154. The molecule has 0 aromatic carbocycles. The van der Waals surface area contributed by atoms with Gasteiger partial charge >= 0.3 is 0 Å². The van der Waals surface area contributed by atoms with Crippen molar-refractivity contribution in [2.45, 2.75) is 6.92 Å². The summed E-state index contributed by atoms with van der Waals surface area (Å²) in [6.07, 6.45) is 3.29. The van der Waals surface area contributed by atoms with Crippen molar-refractivity contribution in [3.8, 4) is 0 Å². The maximum atomic E-state index is 12.3. The molecule has 20 heavy (non-hydrogen) atoms. The van der Waals surface area contributed by atoms with Gasteiger partial charge in [0.15, 0.2) is 0 Å². The summed E-state index contributed by atoms with van der Waals surface area (Å²) in [5.41, 5.74) is 1.45. The molecule has 0 aliphatic carbocycles. The first-order valence-electron chi connectivity index (χ1n) is 5.78. The van der Waals surface area contributed by atoms with E-state index in [-0.39, 0.29) is 5.91 Å². The summed E-state index contributed by atoms with van der Waals surface area (Å²) in [6.45, 7) is 1.93. The Morgan fingerprint density at radius 1 is 1.20 bits per heavy atom. The molecule has 0 saturated carbocycles. The summed E-state index contributed by atoms with van der Waals surface area (Å²) in [7, 11) is 1.72. The number of aryl methyl sites for hydroxylation is 1. The lowest BCUT2D eigenvalue weighted by atomic mass is 10.2. The van der Waals surface area contributed by atoms with E-state index in [1.807, 2.05) is 6.92 Å². The molecule has 2 aromatic heterocycles. The third-order valence-electron chi connectivity index (χ3n) is 2.62. The maximum Gasteiger partial charge on any atom is 0.260 e. The first kappa shape index (κ1) is 14.9. The molecule has 0 spiro atoms. The van der Waals surface area contributed by atoms with Crippen molar-refractivity contribution in [3.05, 3.63) is 44.6 Å². The molecule has 7 heteroatoms. The number of carbonyl (C=O) groups excluding carboxylic acids is 1. The topological polar surface area (TPSA) is 66.9 Å². The standard InChI is InChI=1S/C13H12Br2N4O/c1-7-3-11(17-6-10(7)15)19-13(20)9-4-8(14)5-18-12(9)16-2/h3-6H,1-2H3,(H,16,18)(H,17,19,20). The van der Waals surface area contributed by atoms with Crippen LogP contribution >= 0.6 is 31.9 Å². The first-order valence-corrected chi connectivity index (χ1v) is 7.36. The van der Waals surface area contributed by atoms with Crippen molar-refractivity contribution in [3.63, 3.8) is 0 Å². The van der Waals surface area contributed by atoms with Crippen LogP contribution in [0.25, 0.3) is 0 Å². The summed E-state index contributed by atoms with van der Waals surface area (Å²) in [5, 5.41) is 5.65. The van der Waals surface area contributed by atoms with Crippen LogP contribution in [0, 0.1) is 6.92 Å². The third kappa shape index (κ3) is 3.34. The molecule has 0 bridgehead atoms. The highest BCUT2D eigenvalue weighted by atomic mass is 79.9. The first-order chi connectivity index (χ1) is 9.51. The van der Waals surface area contributed by atoms with Crippen LogP contribution in [0.15, 0.2) is 33.5 Å². The number of pyridine rings is 2. The SMILES string of the molecule is CNc1ncc(Br)cc1C(=O)Nc1cc(C)c(Br)cn1. The predicted octanol–water partition coefficient (Wildman–Crippen LogP) is 3.60. The quantitative estimate of drug-likeness (QED) is 0.827. The van der Waals surface area contributed by atoms with Crippen molar-refractivity contribution in [1.82, 2.24) is 9.97 Å². The summed E-state index contributed by atoms with van der Waals surface area (Å²) in [6, 6.07) is 3.51. The van der Waals surface area contributed by atoms with Crippen molar-refractivity contribution in [2.75, 3.05) is 17.7 Å². The van der Waals surface area contributed by atoms with Gasteiger partial charge in [0.05, 0.1) is 5.56 Å². The maximum absolute atomic E-state index is 12.3. The average molecular weight is 400 g/mol. The number of hydrogen-bond acceptors (Lipinski definition) is 4. The molecule has 2 rings (SSSR count). The molecular formula is C13H12Br2N4O. The number of carbonyl (C=O) groups is 1. The van der Waals surface area contributed by atoms with E-state index in [1.165, 1.54) is 0 Å². The van der Waals surface area contributed by atoms with Gasteiger partial charge < -0.3 is 10.6 Å². The van der Waals surface area contributed by atoms with E-state index in [9.17, 15) is 4.79 Å². The van der Waals surface area contributed by atoms with Crippen LogP contribution in [-0.2, 0) is 0 Å². The van der Waals surface area contributed by atoms with Crippen LogP contribution < -0.4 is 10.6 Å². The fourth-order valence-corrected chi connectivity index (χ4v) is 2.15. The van der Waals surface area contributed by atoms with Crippen molar-refractivity contribution >= 4 is 49.4 Å². The minimum Gasteiger partial charge on any atom is -0.372 e. The molecule has 0 atom stereocenters. The highest BCUT2D eigenvalue weighted by molar-refractivity contribution is 9.10. The largest absolute Gasteiger partial charge is 0.372 e. The second-order valence-corrected chi connectivity index (χ2v) is 5.84. The van der Waals surface area contributed by atoms with Gasteiger partial charge in [-0.05, 0) is 56.5 Å². The third-order valence-corrected chi connectivity index (χ3v) is 3.89. The molecule has 0 aliphatic rings. The molecule has 104 valence electrons. The lowest BCUT2D eigenvalue weighted by molar-refractivity contribution is 0.102. The van der Waals surface area contributed by atoms with Gasteiger partial charge in [0.25, 0.3) is 5.91 Å². The summed E-state index contributed by atoms with van der Waals surface area (Å²) < 4.78 is 1.64. The molecular weight excluding hydrogens is 388 g/mol. The van der Waals surface area contributed by atoms with Gasteiger partial charge in [0.2, 0.25) is 0 Å². The van der Waals surface area contributed by atoms with E-state index in [0.717, 1.165) is 14.5 Å². The van der Waals surface area contributed by atoms with Gasteiger partial charge in [0, 0.05) is 28.4 Å². The summed E-state index contributed by atoms with van der Waals surface area (Å²) >= 11 is 6.68. The lowest BCUT2D eigenvalue weighted by Gasteiger charge is -2.09. The predicted molar refractivity (Wildman–Crippen MR) is 86.1 cm³/mol. The number of halogens is 2.